The summed E-state index contributed by atoms with van der Waals surface area (Å²) in [5, 5.41) is 14.7. The van der Waals surface area contributed by atoms with Gasteiger partial charge in [0.1, 0.15) is 0 Å². The smallest absolute Gasteiger partial charge is 0.313 e. The molecule has 0 aliphatic heterocycles. The second-order valence-corrected chi connectivity index (χ2v) is 4.26. The maximum atomic E-state index is 11.7. The molecule has 0 saturated heterocycles. The van der Waals surface area contributed by atoms with Crippen molar-refractivity contribution in [1.29, 1.82) is 0 Å². The molecule has 2 aromatic rings. The van der Waals surface area contributed by atoms with Crippen LogP contribution in [0.4, 0.5) is 5.69 Å². The Balaban J connectivity index is 2.06. The average molecular weight is 261 g/mol. The Labute approximate surface area is 109 Å². The van der Waals surface area contributed by atoms with E-state index in [9.17, 15) is 9.59 Å². The zero-order valence-electron chi connectivity index (χ0n) is 10.4. The standard InChI is InChI=1S/C13H15N3O3/c1-8(17)7-15-12(18)13(19)16-11-4-2-3-10-9(11)5-6-14-10/h2-6,8,14,17H,7H2,1H3,(H,15,18)(H,16,19). The van der Waals surface area contributed by atoms with Gasteiger partial charge in [0.2, 0.25) is 0 Å². The number of benzene rings is 1. The van der Waals surface area contributed by atoms with Crippen LogP contribution in [-0.2, 0) is 9.59 Å². The van der Waals surface area contributed by atoms with Gasteiger partial charge >= 0.3 is 11.8 Å². The quantitative estimate of drug-likeness (QED) is 0.609. The van der Waals surface area contributed by atoms with Crippen molar-refractivity contribution in [3.8, 4) is 0 Å². The molecular formula is C13H15N3O3. The highest BCUT2D eigenvalue weighted by Crippen LogP contribution is 2.21. The maximum absolute atomic E-state index is 11.7. The second-order valence-electron chi connectivity index (χ2n) is 4.26. The van der Waals surface area contributed by atoms with Crippen LogP contribution in [0.15, 0.2) is 30.5 Å². The molecule has 19 heavy (non-hydrogen) atoms. The summed E-state index contributed by atoms with van der Waals surface area (Å²) in [7, 11) is 0. The fourth-order valence-electron chi connectivity index (χ4n) is 1.69. The van der Waals surface area contributed by atoms with Crippen LogP contribution in [0.25, 0.3) is 10.9 Å². The molecule has 6 heteroatoms. The third kappa shape index (κ3) is 3.11. The Hall–Kier alpha value is -2.34. The number of hydrogen-bond donors (Lipinski definition) is 4. The Bertz CT molecular complexity index is 604. The molecule has 0 fully saturated rings. The molecule has 6 nitrogen and oxygen atoms in total. The summed E-state index contributed by atoms with van der Waals surface area (Å²) in [6.45, 7) is 1.57. The average Bonchev–Trinajstić information content (AvgIpc) is 2.85. The number of H-pyrrole nitrogens is 1. The number of aliphatic hydroxyl groups excluding tert-OH is 1. The molecule has 100 valence electrons. The molecule has 0 bridgehead atoms. The van der Waals surface area contributed by atoms with E-state index in [0.29, 0.717) is 5.69 Å². The van der Waals surface area contributed by atoms with Crippen molar-refractivity contribution in [2.24, 2.45) is 0 Å². The van der Waals surface area contributed by atoms with E-state index < -0.39 is 17.9 Å². The zero-order valence-corrected chi connectivity index (χ0v) is 10.4. The summed E-state index contributed by atoms with van der Waals surface area (Å²) in [5.41, 5.74) is 1.44. The molecule has 2 amide bonds. The maximum Gasteiger partial charge on any atom is 0.313 e. The highest BCUT2D eigenvalue weighted by atomic mass is 16.3. The molecule has 0 radical (unpaired) electrons. The summed E-state index contributed by atoms with van der Waals surface area (Å²) in [6, 6.07) is 7.19. The van der Waals surface area contributed by atoms with Gasteiger partial charge in [0, 0.05) is 23.6 Å². The third-order valence-electron chi connectivity index (χ3n) is 2.61. The van der Waals surface area contributed by atoms with Crippen LogP contribution in [0.1, 0.15) is 6.92 Å². The lowest BCUT2D eigenvalue weighted by molar-refractivity contribution is -0.136. The van der Waals surface area contributed by atoms with E-state index in [4.69, 9.17) is 5.11 Å². The van der Waals surface area contributed by atoms with Gasteiger partial charge in [-0.2, -0.15) is 0 Å². The molecule has 1 atom stereocenters. The first-order chi connectivity index (χ1) is 9.08. The second kappa shape index (κ2) is 5.53. The van der Waals surface area contributed by atoms with Crippen molar-refractivity contribution in [3.63, 3.8) is 0 Å². The van der Waals surface area contributed by atoms with Gasteiger partial charge in [-0.15, -0.1) is 0 Å². The highest BCUT2D eigenvalue weighted by molar-refractivity contribution is 6.40. The van der Waals surface area contributed by atoms with Gasteiger partial charge in [0.25, 0.3) is 0 Å². The summed E-state index contributed by atoms with van der Waals surface area (Å²) in [4.78, 5) is 26.2. The van der Waals surface area contributed by atoms with Crippen molar-refractivity contribution in [1.82, 2.24) is 10.3 Å². The summed E-state index contributed by atoms with van der Waals surface area (Å²) in [6.07, 6.45) is 1.07. The molecule has 0 aliphatic rings. The number of carbonyl (C=O) groups is 2. The number of nitrogens with one attached hydrogen (secondary N) is 3. The minimum Gasteiger partial charge on any atom is -0.392 e. The van der Waals surface area contributed by atoms with Gasteiger partial charge < -0.3 is 20.7 Å². The van der Waals surface area contributed by atoms with E-state index in [0.717, 1.165) is 10.9 Å². The molecular weight excluding hydrogens is 246 g/mol. The molecule has 2 rings (SSSR count). The monoisotopic (exact) mass is 261 g/mol. The van der Waals surface area contributed by atoms with Gasteiger partial charge in [0.05, 0.1) is 11.8 Å². The zero-order chi connectivity index (χ0) is 13.8. The number of fused-ring (bicyclic) bond motifs is 1. The number of carbonyl (C=O) groups excluding carboxylic acids is 2. The topological polar surface area (TPSA) is 94.2 Å². The molecule has 0 spiro atoms. The van der Waals surface area contributed by atoms with Gasteiger partial charge in [-0.05, 0) is 25.1 Å². The van der Waals surface area contributed by atoms with Crippen LogP contribution in [0.3, 0.4) is 0 Å². The minimum absolute atomic E-state index is 0.0423. The molecule has 1 unspecified atom stereocenters. The van der Waals surface area contributed by atoms with Crippen molar-refractivity contribution in [2.75, 3.05) is 11.9 Å². The number of hydrogen-bond acceptors (Lipinski definition) is 3. The third-order valence-corrected chi connectivity index (χ3v) is 2.61. The molecule has 1 aromatic carbocycles. The Kier molecular flexibility index (Phi) is 3.82. The SMILES string of the molecule is CC(O)CNC(=O)C(=O)Nc1cccc2[nH]ccc12. The van der Waals surface area contributed by atoms with E-state index in [2.05, 4.69) is 15.6 Å². The summed E-state index contributed by atoms with van der Waals surface area (Å²) < 4.78 is 0. The molecule has 4 N–H and O–H groups in total. The molecule has 0 aliphatic carbocycles. The van der Waals surface area contributed by atoms with Crippen molar-refractivity contribution >= 4 is 28.4 Å². The van der Waals surface area contributed by atoms with Crippen LogP contribution in [0, 0.1) is 0 Å². The Morgan fingerprint density at radius 2 is 2.11 bits per heavy atom. The molecule has 1 heterocycles. The lowest BCUT2D eigenvalue weighted by atomic mass is 10.2. The number of rotatable bonds is 3. The first-order valence-corrected chi connectivity index (χ1v) is 5.91. The lowest BCUT2D eigenvalue weighted by Gasteiger charge is -2.08. The summed E-state index contributed by atoms with van der Waals surface area (Å²) >= 11 is 0. The number of aromatic nitrogens is 1. The van der Waals surface area contributed by atoms with E-state index in [1.165, 1.54) is 6.92 Å². The molecule has 0 saturated carbocycles. The first-order valence-electron chi connectivity index (χ1n) is 5.91. The number of amides is 2. The van der Waals surface area contributed by atoms with Crippen molar-refractivity contribution in [2.45, 2.75) is 13.0 Å². The predicted octanol–water partition coefficient (Wildman–Crippen LogP) is 0.603. The number of aliphatic hydroxyl groups is 1. The van der Waals surface area contributed by atoms with Crippen molar-refractivity contribution in [3.05, 3.63) is 30.5 Å². The van der Waals surface area contributed by atoms with Crippen LogP contribution >= 0.6 is 0 Å². The number of anilines is 1. The number of aromatic amines is 1. The van der Waals surface area contributed by atoms with Crippen LogP contribution in [0.2, 0.25) is 0 Å². The van der Waals surface area contributed by atoms with Gasteiger partial charge in [-0.3, -0.25) is 9.59 Å². The van der Waals surface area contributed by atoms with E-state index in [1.54, 1.807) is 18.3 Å². The predicted molar refractivity (Wildman–Crippen MR) is 71.6 cm³/mol. The summed E-state index contributed by atoms with van der Waals surface area (Å²) in [5.74, 6) is -1.53. The minimum atomic E-state index is -0.770. The fourth-order valence-corrected chi connectivity index (χ4v) is 1.69. The van der Waals surface area contributed by atoms with Gasteiger partial charge in [-0.25, -0.2) is 0 Å². The van der Waals surface area contributed by atoms with Gasteiger partial charge in [0.15, 0.2) is 0 Å². The largest absolute Gasteiger partial charge is 0.392 e. The van der Waals surface area contributed by atoms with Gasteiger partial charge in [-0.1, -0.05) is 6.07 Å². The van der Waals surface area contributed by atoms with E-state index in [1.807, 2.05) is 12.1 Å². The van der Waals surface area contributed by atoms with Crippen LogP contribution < -0.4 is 10.6 Å². The van der Waals surface area contributed by atoms with Crippen LogP contribution in [0.5, 0.6) is 0 Å². The Morgan fingerprint density at radius 3 is 2.84 bits per heavy atom. The fraction of sp³-hybridized carbons (Fsp3) is 0.231. The first kappa shape index (κ1) is 13.1. The van der Waals surface area contributed by atoms with E-state index in [-0.39, 0.29) is 6.54 Å². The Morgan fingerprint density at radius 1 is 1.32 bits per heavy atom. The highest BCUT2D eigenvalue weighted by Gasteiger charge is 2.15. The van der Waals surface area contributed by atoms with Crippen molar-refractivity contribution < 1.29 is 14.7 Å². The molecule has 1 aromatic heterocycles. The van der Waals surface area contributed by atoms with E-state index >= 15 is 0 Å². The lowest BCUT2D eigenvalue weighted by Crippen LogP contribution is -2.38. The normalized spacial score (nSPS) is 12.1. The van der Waals surface area contributed by atoms with Crippen LogP contribution in [-0.4, -0.2) is 34.6 Å².